The third kappa shape index (κ3) is 3.78. The Morgan fingerprint density at radius 2 is 2.05 bits per heavy atom. The highest BCUT2D eigenvalue weighted by molar-refractivity contribution is 5.92. The minimum absolute atomic E-state index is 0.000478. The molecule has 0 saturated heterocycles. The molecule has 0 bridgehead atoms. The van der Waals surface area contributed by atoms with E-state index in [-0.39, 0.29) is 5.91 Å². The molecule has 1 aliphatic heterocycles. The highest BCUT2D eigenvalue weighted by Crippen LogP contribution is 2.26. The first-order valence-electron chi connectivity index (χ1n) is 6.87. The second-order valence-corrected chi connectivity index (χ2v) is 5.63. The molecule has 0 spiro atoms. The van der Waals surface area contributed by atoms with Gasteiger partial charge in [-0.1, -0.05) is 19.9 Å². The van der Waals surface area contributed by atoms with E-state index in [1.807, 2.05) is 6.07 Å². The maximum Gasteiger partial charge on any atom is 0.238 e. The normalized spacial score (nSPS) is 14.7. The van der Waals surface area contributed by atoms with Crippen molar-refractivity contribution in [2.24, 2.45) is 5.92 Å². The van der Waals surface area contributed by atoms with Crippen LogP contribution in [0.4, 0.5) is 5.69 Å². The smallest absolute Gasteiger partial charge is 0.238 e. The Hall–Kier alpha value is -1.39. The van der Waals surface area contributed by atoms with Crippen molar-refractivity contribution >= 4 is 11.6 Å². The van der Waals surface area contributed by atoms with Crippen LogP contribution in [0.25, 0.3) is 0 Å². The predicted octanol–water partition coefficient (Wildman–Crippen LogP) is 1.82. The number of likely N-dealkylation sites (N-methyl/N-ethyl adjacent to an activating group) is 1. The lowest BCUT2D eigenvalue weighted by Crippen LogP contribution is -2.25. The lowest BCUT2D eigenvalue weighted by Gasteiger charge is -2.16. The first-order chi connectivity index (χ1) is 9.08. The largest absolute Gasteiger partial charge is 0.325 e. The van der Waals surface area contributed by atoms with Crippen LogP contribution in [-0.4, -0.2) is 30.9 Å². The first-order valence-corrected chi connectivity index (χ1v) is 6.87. The third-order valence-electron chi connectivity index (χ3n) is 3.24. The van der Waals surface area contributed by atoms with Crippen molar-refractivity contribution < 1.29 is 4.79 Å². The van der Waals surface area contributed by atoms with Crippen LogP contribution in [0.3, 0.4) is 0 Å². The minimum Gasteiger partial charge on any atom is -0.325 e. The van der Waals surface area contributed by atoms with E-state index in [1.54, 1.807) is 7.05 Å². The fourth-order valence-electron chi connectivity index (χ4n) is 2.55. The zero-order chi connectivity index (χ0) is 13.8. The zero-order valence-corrected chi connectivity index (χ0v) is 12.0. The molecule has 4 heteroatoms. The molecule has 0 saturated carbocycles. The van der Waals surface area contributed by atoms with Crippen LogP contribution in [0, 0.1) is 5.92 Å². The molecule has 4 nitrogen and oxygen atoms in total. The lowest BCUT2D eigenvalue weighted by atomic mass is 10.1. The van der Waals surface area contributed by atoms with Crippen molar-refractivity contribution in [3.05, 3.63) is 29.3 Å². The van der Waals surface area contributed by atoms with Crippen LogP contribution < -0.4 is 10.6 Å². The molecule has 0 atom stereocenters. The SMILES string of the molecule is CNCC(=O)Nc1ccc2c(c1)CN(CC(C)C)C2. The Bertz CT molecular complexity index is 457. The van der Waals surface area contributed by atoms with Crippen LogP contribution in [0.1, 0.15) is 25.0 Å². The van der Waals surface area contributed by atoms with Crippen LogP contribution >= 0.6 is 0 Å². The molecular formula is C15H23N3O. The second-order valence-electron chi connectivity index (χ2n) is 5.63. The molecule has 0 aliphatic carbocycles. The number of carbonyl (C=O) groups excluding carboxylic acids is 1. The topological polar surface area (TPSA) is 44.4 Å². The molecule has 1 amide bonds. The maximum atomic E-state index is 11.5. The Morgan fingerprint density at radius 1 is 1.32 bits per heavy atom. The highest BCUT2D eigenvalue weighted by atomic mass is 16.1. The fourth-order valence-corrected chi connectivity index (χ4v) is 2.55. The van der Waals surface area contributed by atoms with Gasteiger partial charge in [-0.3, -0.25) is 9.69 Å². The summed E-state index contributed by atoms with van der Waals surface area (Å²) in [6.07, 6.45) is 0. The average Bonchev–Trinajstić information content (AvgIpc) is 2.69. The molecule has 0 radical (unpaired) electrons. The van der Waals surface area contributed by atoms with Gasteiger partial charge in [0.2, 0.25) is 5.91 Å². The number of benzene rings is 1. The molecule has 2 N–H and O–H groups in total. The Balaban J connectivity index is 2.00. The summed E-state index contributed by atoms with van der Waals surface area (Å²) in [5.74, 6) is 0.684. The van der Waals surface area contributed by atoms with E-state index in [0.29, 0.717) is 12.5 Å². The second kappa shape index (κ2) is 6.17. The summed E-state index contributed by atoms with van der Waals surface area (Å²) in [5.41, 5.74) is 3.61. The number of hydrogen-bond donors (Lipinski definition) is 2. The van der Waals surface area contributed by atoms with Crippen molar-refractivity contribution in [3.63, 3.8) is 0 Å². The number of amides is 1. The standard InChI is InChI=1S/C15H23N3O/c1-11(2)8-18-9-12-4-5-14(6-13(12)10-18)17-15(19)7-16-3/h4-6,11,16H,7-10H2,1-3H3,(H,17,19). The average molecular weight is 261 g/mol. The molecule has 1 aliphatic rings. The van der Waals surface area contributed by atoms with Crippen LogP contribution in [-0.2, 0) is 17.9 Å². The quantitative estimate of drug-likeness (QED) is 0.849. The molecule has 1 heterocycles. The molecule has 0 unspecified atom stereocenters. The summed E-state index contributed by atoms with van der Waals surface area (Å²) < 4.78 is 0. The van der Waals surface area contributed by atoms with Gasteiger partial charge >= 0.3 is 0 Å². The molecule has 19 heavy (non-hydrogen) atoms. The van der Waals surface area contributed by atoms with Gasteiger partial charge in [0.1, 0.15) is 0 Å². The van der Waals surface area contributed by atoms with E-state index in [9.17, 15) is 4.79 Å². The summed E-state index contributed by atoms with van der Waals surface area (Å²) in [5, 5.41) is 5.76. The van der Waals surface area contributed by atoms with E-state index in [4.69, 9.17) is 0 Å². The van der Waals surface area contributed by atoms with Gasteiger partial charge in [0.05, 0.1) is 6.54 Å². The Labute approximate surface area is 115 Å². The van der Waals surface area contributed by atoms with Gasteiger partial charge in [-0.05, 0) is 36.2 Å². The van der Waals surface area contributed by atoms with E-state index in [2.05, 4.69) is 41.5 Å². The summed E-state index contributed by atoms with van der Waals surface area (Å²) in [4.78, 5) is 14.0. The molecule has 1 aromatic carbocycles. The number of anilines is 1. The molecule has 104 valence electrons. The summed E-state index contributed by atoms with van der Waals surface area (Å²) >= 11 is 0. The van der Waals surface area contributed by atoms with Gasteiger partial charge in [0.15, 0.2) is 0 Å². The van der Waals surface area contributed by atoms with Crippen LogP contribution in [0.15, 0.2) is 18.2 Å². The monoisotopic (exact) mass is 261 g/mol. The molecular weight excluding hydrogens is 238 g/mol. The molecule has 0 fully saturated rings. The first kappa shape index (κ1) is 14.0. The van der Waals surface area contributed by atoms with Gasteiger partial charge in [-0.15, -0.1) is 0 Å². The number of fused-ring (bicyclic) bond motifs is 1. The minimum atomic E-state index is -0.000478. The number of nitrogens with zero attached hydrogens (tertiary/aromatic N) is 1. The zero-order valence-electron chi connectivity index (χ0n) is 12.0. The predicted molar refractivity (Wildman–Crippen MR) is 78.0 cm³/mol. The van der Waals surface area contributed by atoms with Gasteiger partial charge < -0.3 is 10.6 Å². The van der Waals surface area contributed by atoms with Gasteiger partial charge in [-0.25, -0.2) is 0 Å². The van der Waals surface area contributed by atoms with E-state index < -0.39 is 0 Å². The van der Waals surface area contributed by atoms with Crippen molar-refractivity contribution in [1.82, 2.24) is 10.2 Å². The Kier molecular flexibility index (Phi) is 4.56. The van der Waals surface area contributed by atoms with Crippen molar-refractivity contribution in [2.75, 3.05) is 25.5 Å². The van der Waals surface area contributed by atoms with Gasteiger partial charge in [-0.2, -0.15) is 0 Å². The summed E-state index contributed by atoms with van der Waals surface area (Å²) in [7, 11) is 1.77. The summed E-state index contributed by atoms with van der Waals surface area (Å²) in [6, 6.07) is 6.22. The van der Waals surface area contributed by atoms with Crippen molar-refractivity contribution in [2.45, 2.75) is 26.9 Å². The van der Waals surface area contributed by atoms with E-state index in [1.165, 1.54) is 11.1 Å². The summed E-state index contributed by atoms with van der Waals surface area (Å²) in [6.45, 7) is 7.97. The number of carbonyl (C=O) groups is 1. The third-order valence-corrected chi connectivity index (χ3v) is 3.24. The van der Waals surface area contributed by atoms with Gasteiger partial charge in [0.25, 0.3) is 0 Å². The van der Waals surface area contributed by atoms with E-state index >= 15 is 0 Å². The fraction of sp³-hybridized carbons (Fsp3) is 0.533. The van der Waals surface area contributed by atoms with Crippen molar-refractivity contribution in [1.29, 1.82) is 0 Å². The number of hydrogen-bond acceptors (Lipinski definition) is 3. The van der Waals surface area contributed by atoms with Crippen LogP contribution in [0.5, 0.6) is 0 Å². The number of nitrogens with one attached hydrogen (secondary N) is 2. The van der Waals surface area contributed by atoms with E-state index in [0.717, 1.165) is 25.3 Å². The Morgan fingerprint density at radius 3 is 2.74 bits per heavy atom. The van der Waals surface area contributed by atoms with Crippen LogP contribution in [0.2, 0.25) is 0 Å². The molecule has 0 aromatic heterocycles. The van der Waals surface area contributed by atoms with Gasteiger partial charge in [0, 0.05) is 25.3 Å². The highest BCUT2D eigenvalue weighted by Gasteiger charge is 2.19. The number of rotatable bonds is 5. The van der Waals surface area contributed by atoms with Crippen molar-refractivity contribution in [3.8, 4) is 0 Å². The molecule has 2 rings (SSSR count). The lowest BCUT2D eigenvalue weighted by molar-refractivity contribution is -0.115. The molecule has 1 aromatic rings. The maximum absolute atomic E-state index is 11.5.